The minimum Gasteiger partial charge on any atom is -0.314 e. The fourth-order valence-electron chi connectivity index (χ4n) is 2.37. The van der Waals surface area contributed by atoms with Crippen LogP contribution in [0.5, 0.6) is 0 Å². The van der Waals surface area contributed by atoms with E-state index in [4.69, 9.17) is 0 Å². The van der Waals surface area contributed by atoms with E-state index in [0.29, 0.717) is 11.5 Å². The average molecular weight is 215 g/mol. The highest BCUT2D eigenvalue weighted by Crippen LogP contribution is 2.36. The highest BCUT2D eigenvalue weighted by atomic mass is 14.9. The Labute approximate surface area is 98.6 Å². The van der Waals surface area contributed by atoms with Gasteiger partial charge in [0.2, 0.25) is 0 Å². The van der Waals surface area contributed by atoms with Gasteiger partial charge in [-0.1, -0.05) is 56.3 Å². The van der Waals surface area contributed by atoms with Crippen LogP contribution in [0.4, 0.5) is 0 Å². The summed E-state index contributed by atoms with van der Waals surface area (Å²) in [6.07, 6.45) is 6.96. The van der Waals surface area contributed by atoms with Crippen LogP contribution in [0.2, 0.25) is 0 Å². The van der Waals surface area contributed by atoms with Crippen molar-refractivity contribution in [2.75, 3.05) is 6.54 Å². The summed E-state index contributed by atoms with van der Waals surface area (Å²) in [6.45, 7) is 5.49. The van der Waals surface area contributed by atoms with Crippen LogP contribution in [0.1, 0.15) is 32.3 Å². The first-order chi connectivity index (χ1) is 7.73. The first kappa shape index (κ1) is 11.4. The van der Waals surface area contributed by atoms with Crippen LogP contribution in [0.25, 0.3) is 0 Å². The molecular formula is C15H21N. The number of rotatable bonds is 4. The molecule has 0 fully saturated rings. The van der Waals surface area contributed by atoms with Crippen LogP contribution in [0.15, 0.2) is 42.5 Å². The molecule has 0 aliphatic heterocycles. The van der Waals surface area contributed by atoms with E-state index in [9.17, 15) is 0 Å². The molecule has 1 aliphatic carbocycles. The maximum absolute atomic E-state index is 3.59. The molecule has 1 N–H and O–H groups in total. The van der Waals surface area contributed by atoms with Crippen LogP contribution in [-0.2, 0) is 5.41 Å². The van der Waals surface area contributed by atoms with E-state index in [1.165, 1.54) is 5.56 Å². The van der Waals surface area contributed by atoms with Gasteiger partial charge >= 0.3 is 0 Å². The van der Waals surface area contributed by atoms with Crippen molar-refractivity contribution in [3.05, 3.63) is 48.0 Å². The van der Waals surface area contributed by atoms with Crippen LogP contribution < -0.4 is 5.32 Å². The molecule has 0 aromatic heterocycles. The molecule has 0 atom stereocenters. The summed E-state index contributed by atoms with van der Waals surface area (Å²) in [7, 11) is 0. The molecule has 1 aromatic rings. The third-order valence-electron chi connectivity index (χ3n) is 3.42. The Hall–Kier alpha value is -1.08. The summed E-state index contributed by atoms with van der Waals surface area (Å²) in [5.41, 5.74) is 1.76. The lowest BCUT2D eigenvalue weighted by molar-refractivity contribution is 0.399. The Kier molecular flexibility index (Phi) is 3.45. The van der Waals surface area contributed by atoms with Gasteiger partial charge in [-0.3, -0.25) is 0 Å². The lowest BCUT2D eigenvalue weighted by Gasteiger charge is -2.31. The molecule has 16 heavy (non-hydrogen) atoms. The Balaban J connectivity index is 2.16. The summed E-state index contributed by atoms with van der Waals surface area (Å²) >= 11 is 0. The van der Waals surface area contributed by atoms with Gasteiger partial charge in [0.25, 0.3) is 0 Å². The maximum Gasteiger partial charge on any atom is 0.0147 e. The van der Waals surface area contributed by atoms with E-state index in [2.05, 4.69) is 61.6 Å². The van der Waals surface area contributed by atoms with Crippen molar-refractivity contribution >= 4 is 0 Å². The van der Waals surface area contributed by atoms with Crippen molar-refractivity contribution in [1.29, 1.82) is 0 Å². The maximum atomic E-state index is 3.59. The topological polar surface area (TPSA) is 12.0 Å². The van der Waals surface area contributed by atoms with E-state index in [1.807, 2.05) is 0 Å². The van der Waals surface area contributed by atoms with E-state index >= 15 is 0 Å². The van der Waals surface area contributed by atoms with Crippen molar-refractivity contribution < 1.29 is 0 Å². The predicted octanol–water partition coefficient (Wildman–Crippen LogP) is 3.27. The molecule has 0 heterocycles. The second kappa shape index (κ2) is 4.84. The van der Waals surface area contributed by atoms with Gasteiger partial charge in [0, 0.05) is 18.0 Å². The number of hydrogen-bond acceptors (Lipinski definition) is 1. The molecule has 0 unspecified atom stereocenters. The molecule has 0 saturated heterocycles. The van der Waals surface area contributed by atoms with E-state index < -0.39 is 0 Å². The van der Waals surface area contributed by atoms with Crippen LogP contribution >= 0.6 is 0 Å². The molecule has 0 spiro atoms. The van der Waals surface area contributed by atoms with Crippen LogP contribution in [-0.4, -0.2) is 12.6 Å². The van der Waals surface area contributed by atoms with E-state index in [1.54, 1.807) is 0 Å². The third-order valence-corrected chi connectivity index (χ3v) is 3.42. The van der Waals surface area contributed by atoms with Gasteiger partial charge in [-0.05, 0) is 18.4 Å². The number of benzene rings is 1. The van der Waals surface area contributed by atoms with Crippen molar-refractivity contribution in [1.82, 2.24) is 5.32 Å². The Morgan fingerprint density at radius 3 is 2.31 bits per heavy atom. The molecular weight excluding hydrogens is 194 g/mol. The normalized spacial score (nSPS) is 18.2. The van der Waals surface area contributed by atoms with Gasteiger partial charge in [-0.25, -0.2) is 0 Å². The molecule has 2 rings (SSSR count). The number of allylic oxidation sites excluding steroid dienone is 2. The van der Waals surface area contributed by atoms with Crippen molar-refractivity contribution in [2.24, 2.45) is 0 Å². The molecule has 1 heteroatoms. The van der Waals surface area contributed by atoms with E-state index in [-0.39, 0.29) is 0 Å². The van der Waals surface area contributed by atoms with Crippen LogP contribution in [0.3, 0.4) is 0 Å². The molecule has 1 aliphatic rings. The zero-order valence-electron chi connectivity index (χ0n) is 10.2. The van der Waals surface area contributed by atoms with Crippen molar-refractivity contribution in [3.8, 4) is 0 Å². The number of hydrogen-bond donors (Lipinski definition) is 1. The van der Waals surface area contributed by atoms with Crippen LogP contribution in [0, 0.1) is 0 Å². The third kappa shape index (κ3) is 2.35. The summed E-state index contributed by atoms with van der Waals surface area (Å²) in [6, 6.07) is 11.5. The zero-order valence-corrected chi connectivity index (χ0v) is 10.2. The summed E-state index contributed by atoms with van der Waals surface area (Å²) in [5.74, 6) is 0. The molecule has 1 aromatic carbocycles. The van der Waals surface area contributed by atoms with Crippen molar-refractivity contribution in [3.63, 3.8) is 0 Å². The standard InChI is InChI=1S/C15H21N/c1-13(2)16-12-15(10-6-7-11-15)14-8-4-3-5-9-14/h3-9,13,16H,10-12H2,1-2H3. The zero-order chi connectivity index (χ0) is 11.4. The van der Waals surface area contributed by atoms with E-state index in [0.717, 1.165) is 19.4 Å². The minimum absolute atomic E-state index is 0.297. The molecule has 1 nitrogen and oxygen atoms in total. The first-order valence-electron chi connectivity index (χ1n) is 6.17. The van der Waals surface area contributed by atoms with Gasteiger partial charge in [-0.2, -0.15) is 0 Å². The quantitative estimate of drug-likeness (QED) is 0.760. The fraction of sp³-hybridized carbons (Fsp3) is 0.467. The Bertz CT molecular complexity index is 343. The van der Waals surface area contributed by atoms with Gasteiger partial charge in [-0.15, -0.1) is 0 Å². The molecule has 0 radical (unpaired) electrons. The van der Waals surface area contributed by atoms with Crippen molar-refractivity contribution in [2.45, 2.75) is 38.1 Å². The summed E-state index contributed by atoms with van der Waals surface area (Å²) in [5, 5.41) is 3.59. The summed E-state index contributed by atoms with van der Waals surface area (Å²) < 4.78 is 0. The van der Waals surface area contributed by atoms with Gasteiger partial charge in [0.1, 0.15) is 0 Å². The highest BCUT2D eigenvalue weighted by molar-refractivity contribution is 5.30. The average Bonchev–Trinajstić information content (AvgIpc) is 2.78. The van der Waals surface area contributed by atoms with Gasteiger partial charge in [0.05, 0.1) is 0 Å². The second-order valence-corrected chi connectivity index (χ2v) is 5.06. The molecule has 86 valence electrons. The second-order valence-electron chi connectivity index (χ2n) is 5.06. The Morgan fingerprint density at radius 1 is 1.12 bits per heavy atom. The first-order valence-corrected chi connectivity index (χ1v) is 6.17. The molecule has 0 bridgehead atoms. The molecule has 0 amide bonds. The highest BCUT2D eigenvalue weighted by Gasteiger charge is 2.32. The number of nitrogens with one attached hydrogen (secondary N) is 1. The van der Waals surface area contributed by atoms with Gasteiger partial charge in [0.15, 0.2) is 0 Å². The predicted molar refractivity (Wildman–Crippen MR) is 69.6 cm³/mol. The smallest absolute Gasteiger partial charge is 0.0147 e. The monoisotopic (exact) mass is 215 g/mol. The minimum atomic E-state index is 0.297. The Morgan fingerprint density at radius 2 is 1.75 bits per heavy atom. The SMILES string of the molecule is CC(C)NCC1(c2ccccc2)CC=CC1. The fourth-order valence-corrected chi connectivity index (χ4v) is 2.37. The lowest BCUT2D eigenvalue weighted by atomic mass is 9.78. The summed E-state index contributed by atoms with van der Waals surface area (Å²) in [4.78, 5) is 0. The van der Waals surface area contributed by atoms with Gasteiger partial charge < -0.3 is 5.32 Å². The largest absolute Gasteiger partial charge is 0.314 e. The lowest BCUT2D eigenvalue weighted by Crippen LogP contribution is -2.39. The molecule has 0 saturated carbocycles.